The summed E-state index contributed by atoms with van der Waals surface area (Å²) >= 11 is 0. The topological polar surface area (TPSA) is 58.6 Å². The van der Waals surface area contributed by atoms with Crippen molar-refractivity contribution >= 4 is 6.09 Å². The SMILES string of the molecule is CC(O)NC(=O)OCF. The molecule has 0 saturated carbocycles. The third-order valence-electron chi connectivity index (χ3n) is 0.512. The Kier molecular flexibility index (Phi) is 3.70. The largest absolute Gasteiger partial charge is 0.418 e. The van der Waals surface area contributed by atoms with Crippen molar-refractivity contribution in [3.05, 3.63) is 0 Å². The van der Waals surface area contributed by atoms with Gasteiger partial charge >= 0.3 is 6.09 Å². The molecule has 0 radical (unpaired) electrons. The number of carbonyl (C=O) groups excluding carboxylic acids is 1. The normalized spacial score (nSPS) is 12.3. The molecule has 1 unspecified atom stereocenters. The predicted molar refractivity (Wildman–Crippen MR) is 27.3 cm³/mol. The van der Waals surface area contributed by atoms with E-state index in [1.807, 2.05) is 5.32 Å². The van der Waals surface area contributed by atoms with E-state index in [2.05, 4.69) is 4.74 Å². The van der Waals surface area contributed by atoms with Crippen molar-refractivity contribution in [3.63, 3.8) is 0 Å². The van der Waals surface area contributed by atoms with E-state index >= 15 is 0 Å². The fourth-order valence-corrected chi connectivity index (χ4v) is 0.262. The molecular formula is C4H8FNO3. The number of alkyl carbamates (subject to hydrolysis) is 1. The molecule has 0 aromatic rings. The number of aliphatic hydroxyl groups is 1. The first-order valence-electron chi connectivity index (χ1n) is 2.34. The fraction of sp³-hybridized carbons (Fsp3) is 0.750. The highest BCUT2D eigenvalue weighted by Gasteiger charge is 2.02. The Morgan fingerprint density at radius 2 is 2.56 bits per heavy atom. The number of hydrogen-bond acceptors (Lipinski definition) is 3. The summed E-state index contributed by atoms with van der Waals surface area (Å²) in [7, 11) is 0. The maximum atomic E-state index is 11.1. The molecule has 1 amide bonds. The van der Waals surface area contributed by atoms with E-state index in [1.54, 1.807) is 0 Å². The van der Waals surface area contributed by atoms with Crippen LogP contribution in [0.15, 0.2) is 0 Å². The molecule has 5 heteroatoms. The molecule has 0 aliphatic rings. The fourth-order valence-electron chi connectivity index (χ4n) is 0.262. The molecule has 4 nitrogen and oxygen atoms in total. The zero-order valence-corrected chi connectivity index (χ0v) is 4.93. The van der Waals surface area contributed by atoms with Gasteiger partial charge in [-0.2, -0.15) is 0 Å². The molecule has 0 aromatic heterocycles. The molecular weight excluding hydrogens is 129 g/mol. The minimum atomic E-state index is -1.18. The van der Waals surface area contributed by atoms with Gasteiger partial charge in [-0.25, -0.2) is 9.18 Å². The standard InChI is InChI=1S/C4H8FNO3/c1-3(7)6-4(8)9-2-5/h3,7H,2H2,1H3,(H,6,8). The van der Waals surface area contributed by atoms with Gasteiger partial charge in [0.1, 0.15) is 6.23 Å². The van der Waals surface area contributed by atoms with Crippen LogP contribution in [0.2, 0.25) is 0 Å². The molecule has 2 N–H and O–H groups in total. The highest BCUT2D eigenvalue weighted by molar-refractivity contribution is 5.67. The maximum Gasteiger partial charge on any atom is 0.411 e. The van der Waals surface area contributed by atoms with Crippen molar-refractivity contribution in [1.29, 1.82) is 0 Å². The van der Waals surface area contributed by atoms with Crippen molar-refractivity contribution in [2.75, 3.05) is 6.86 Å². The number of aliphatic hydroxyl groups excluding tert-OH is 1. The third kappa shape index (κ3) is 5.02. The minimum Gasteiger partial charge on any atom is -0.418 e. The van der Waals surface area contributed by atoms with Crippen molar-refractivity contribution < 1.29 is 19.0 Å². The number of halogens is 1. The third-order valence-corrected chi connectivity index (χ3v) is 0.512. The summed E-state index contributed by atoms with van der Waals surface area (Å²) in [4.78, 5) is 10.1. The zero-order chi connectivity index (χ0) is 7.28. The van der Waals surface area contributed by atoms with Gasteiger partial charge in [-0.3, -0.25) is 5.32 Å². The lowest BCUT2D eigenvalue weighted by Crippen LogP contribution is -2.32. The number of alkyl halides is 1. The lowest BCUT2D eigenvalue weighted by molar-refractivity contribution is 0.0761. The van der Waals surface area contributed by atoms with E-state index < -0.39 is 19.2 Å². The first-order valence-corrected chi connectivity index (χ1v) is 2.34. The molecule has 54 valence electrons. The Labute approximate surface area is 51.6 Å². The van der Waals surface area contributed by atoms with Crippen LogP contribution in [0.1, 0.15) is 6.92 Å². The summed E-state index contributed by atoms with van der Waals surface area (Å²) in [6.07, 6.45) is -1.98. The Morgan fingerprint density at radius 3 is 2.89 bits per heavy atom. The molecule has 1 atom stereocenters. The van der Waals surface area contributed by atoms with E-state index in [9.17, 15) is 9.18 Å². The van der Waals surface area contributed by atoms with Crippen molar-refractivity contribution in [3.8, 4) is 0 Å². The van der Waals surface area contributed by atoms with E-state index in [4.69, 9.17) is 5.11 Å². The molecule has 9 heavy (non-hydrogen) atoms. The van der Waals surface area contributed by atoms with Crippen LogP contribution < -0.4 is 5.32 Å². The second-order valence-corrected chi connectivity index (χ2v) is 1.36. The van der Waals surface area contributed by atoms with Gasteiger partial charge in [0.2, 0.25) is 6.86 Å². The van der Waals surface area contributed by atoms with Crippen molar-refractivity contribution in [1.82, 2.24) is 5.32 Å². The first kappa shape index (κ1) is 8.16. The number of rotatable bonds is 2. The lowest BCUT2D eigenvalue weighted by atomic mass is 10.7. The second-order valence-electron chi connectivity index (χ2n) is 1.36. The van der Waals surface area contributed by atoms with Crippen LogP contribution in [0.3, 0.4) is 0 Å². The highest BCUT2D eigenvalue weighted by atomic mass is 19.1. The van der Waals surface area contributed by atoms with Crippen LogP contribution in [-0.2, 0) is 4.74 Å². The molecule has 0 heterocycles. The summed E-state index contributed by atoms with van der Waals surface area (Å²) < 4.78 is 14.9. The van der Waals surface area contributed by atoms with Crippen molar-refractivity contribution in [2.24, 2.45) is 0 Å². The van der Waals surface area contributed by atoms with Gasteiger partial charge in [-0.05, 0) is 6.92 Å². The van der Waals surface area contributed by atoms with Crippen LogP contribution in [0.25, 0.3) is 0 Å². The van der Waals surface area contributed by atoms with E-state index in [0.717, 1.165) is 0 Å². The van der Waals surface area contributed by atoms with Gasteiger partial charge < -0.3 is 9.84 Å². The molecule has 0 spiro atoms. The summed E-state index contributed by atoms with van der Waals surface area (Å²) in [5.41, 5.74) is 0. The van der Waals surface area contributed by atoms with Crippen LogP contribution in [0, 0.1) is 0 Å². The summed E-state index contributed by atoms with van der Waals surface area (Å²) in [6, 6.07) is 0. The first-order chi connectivity index (χ1) is 4.16. The van der Waals surface area contributed by atoms with Gasteiger partial charge in [0, 0.05) is 0 Å². The van der Waals surface area contributed by atoms with Crippen LogP contribution in [0.5, 0.6) is 0 Å². The van der Waals surface area contributed by atoms with Gasteiger partial charge in [0.15, 0.2) is 0 Å². The minimum absolute atomic E-state index is 0.965. The predicted octanol–water partition coefficient (Wildman–Crippen LogP) is -0.0221. The average Bonchev–Trinajstić information content (AvgIpc) is 1.63. The number of amides is 1. The summed E-state index contributed by atoms with van der Waals surface area (Å²) in [5, 5.41) is 10.3. The smallest absolute Gasteiger partial charge is 0.411 e. The number of hydrogen-bond donors (Lipinski definition) is 2. The van der Waals surface area contributed by atoms with Crippen LogP contribution >= 0.6 is 0 Å². The Balaban J connectivity index is 3.27. The van der Waals surface area contributed by atoms with Gasteiger partial charge in [-0.15, -0.1) is 0 Å². The number of nitrogens with one attached hydrogen (secondary N) is 1. The lowest BCUT2D eigenvalue weighted by Gasteiger charge is -2.04. The Morgan fingerprint density at radius 1 is 2.00 bits per heavy atom. The van der Waals surface area contributed by atoms with Crippen molar-refractivity contribution in [2.45, 2.75) is 13.2 Å². The monoisotopic (exact) mass is 137 g/mol. The van der Waals surface area contributed by atoms with Gasteiger partial charge in [0.05, 0.1) is 0 Å². The van der Waals surface area contributed by atoms with Crippen LogP contribution in [-0.4, -0.2) is 24.3 Å². The van der Waals surface area contributed by atoms with Gasteiger partial charge in [-0.1, -0.05) is 0 Å². The molecule has 0 aliphatic carbocycles. The molecule has 0 aliphatic heterocycles. The quantitative estimate of drug-likeness (QED) is 0.526. The molecule has 0 aromatic carbocycles. The second kappa shape index (κ2) is 4.08. The zero-order valence-electron chi connectivity index (χ0n) is 4.93. The summed E-state index contributed by atoms with van der Waals surface area (Å²) in [5.74, 6) is 0. The summed E-state index contributed by atoms with van der Waals surface area (Å²) in [6.45, 7) is 0.137. The van der Waals surface area contributed by atoms with E-state index in [1.165, 1.54) is 6.92 Å². The van der Waals surface area contributed by atoms with Crippen LogP contribution in [0.4, 0.5) is 9.18 Å². The highest BCUT2D eigenvalue weighted by Crippen LogP contribution is 1.79. The Bertz CT molecular complexity index is 95.8. The van der Waals surface area contributed by atoms with Gasteiger partial charge in [0.25, 0.3) is 0 Å². The average molecular weight is 137 g/mol. The van der Waals surface area contributed by atoms with E-state index in [0.29, 0.717) is 0 Å². The number of carbonyl (C=O) groups is 1. The number of ether oxygens (including phenoxy) is 1. The maximum absolute atomic E-state index is 11.1. The van der Waals surface area contributed by atoms with E-state index in [-0.39, 0.29) is 0 Å². The Hall–Kier alpha value is -0.840. The molecule has 0 bridgehead atoms. The molecule has 0 saturated heterocycles. The molecule has 0 fully saturated rings. The molecule has 0 rings (SSSR count).